The molecule has 0 saturated carbocycles. The van der Waals surface area contributed by atoms with E-state index < -0.39 is 8.07 Å². The van der Waals surface area contributed by atoms with Gasteiger partial charge in [0.15, 0.2) is 5.82 Å². The van der Waals surface area contributed by atoms with Crippen molar-refractivity contribution in [3.63, 3.8) is 0 Å². The van der Waals surface area contributed by atoms with Gasteiger partial charge < -0.3 is 8.98 Å². The summed E-state index contributed by atoms with van der Waals surface area (Å²) in [6.45, 7) is 0. The number of furan rings is 1. The van der Waals surface area contributed by atoms with Gasteiger partial charge in [0.1, 0.15) is 11.2 Å². The second-order valence-electron chi connectivity index (χ2n) is 14.8. The standard InChI is InChI=1S/C52H33N3OSi/c1-4-16-35(17-5-1)51-53-50(49-41-24-12-15-27-46(41)57(52(49)54-51,37-18-6-2-7-19-37)38-20-8-3-9-21-38)34-28-30-36(31-29-34)55-42-25-13-10-22-39(42)47-43(55)32-33-45-48(47)40-23-11-14-26-44(40)56-45/h1-33H. The molecule has 0 spiro atoms. The monoisotopic (exact) mass is 743 g/mol. The molecule has 0 N–H and O–H groups in total. The Labute approximate surface area is 330 Å². The maximum absolute atomic E-state index is 6.34. The third-order valence-electron chi connectivity index (χ3n) is 11.9. The molecule has 266 valence electrons. The van der Waals surface area contributed by atoms with Crippen LogP contribution in [0.5, 0.6) is 0 Å². The predicted molar refractivity (Wildman–Crippen MR) is 237 cm³/mol. The summed E-state index contributed by atoms with van der Waals surface area (Å²) < 4.78 is 8.73. The second kappa shape index (κ2) is 12.3. The van der Waals surface area contributed by atoms with E-state index in [4.69, 9.17) is 14.4 Å². The zero-order valence-corrected chi connectivity index (χ0v) is 31.8. The van der Waals surface area contributed by atoms with Crippen LogP contribution in [-0.4, -0.2) is 22.6 Å². The van der Waals surface area contributed by atoms with Crippen LogP contribution >= 0.6 is 0 Å². The van der Waals surface area contributed by atoms with Crippen LogP contribution in [0.1, 0.15) is 0 Å². The zero-order chi connectivity index (χ0) is 37.5. The van der Waals surface area contributed by atoms with Gasteiger partial charge in [-0.2, -0.15) is 0 Å². The van der Waals surface area contributed by atoms with Crippen molar-refractivity contribution in [1.82, 2.24) is 14.5 Å². The molecule has 5 heteroatoms. The largest absolute Gasteiger partial charge is 0.456 e. The Hall–Kier alpha value is -7.34. The normalized spacial score (nSPS) is 13.1. The Balaban J connectivity index is 1.12. The van der Waals surface area contributed by atoms with Crippen LogP contribution < -0.4 is 20.9 Å². The molecule has 4 nitrogen and oxygen atoms in total. The lowest BCUT2D eigenvalue weighted by molar-refractivity contribution is 0.669. The van der Waals surface area contributed by atoms with Gasteiger partial charge in [-0.25, -0.2) is 9.97 Å². The highest BCUT2D eigenvalue weighted by Gasteiger charge is 2.51. The third-order valence-corrected chi connectivity index (χ3v) is 16.6. The number of aromatic nitrogens is 3. The molecule has 0 aliphatic carbocycles. The minimum atomic E-state index is -2.87. The summed E-state index contributed by atoms with van der Waals surface area (Å²) in [6, 6.07) is 71.8. The highest BCUT2D eigenvalue weighted by molar-refractivity contribution is 7.21. The van der Waals surface area contributed by atoms with Crippen molar-refractivity contribution in [2.45, 2.75) is 0 Å². The Bertz CT molecular complexity index is 3300. The summed E-state index contributed by atoms with van der Waals surface area (Å²) >= 11 is 0. The lowest BCUT2D eigenvalue weighted by atomic mass is 10.00. The maximum Gasteiger partial charge on any atom is 0.203 e. The predicted octanol–water partition coefficient (Wildman–Crippen LogP) is 10.2. The molecule has 11 aromatic rings. The minimum absolute atomic E-state index is 0.740. The molecule has 8 aromatic carbocycles. The summed E-state index contributed by atoms with van der Waals surface area (Å²) in [4.78, 5) is 11.1. The van der Waals surface area contributed by atoms with E-state index in [0.29, 0.717) is 0 Å². The minimum Gasteiger partial charge on any atom is -0.456 e. The van der Waals surface area contributed by atoms with E-state index in [9.17, 15) is 0 Å². The van der Waals surface area contributed by atoms with Crippen molar-refractivity contribution in [2.24, 2.45) is 0 Å². The molecule has 0 bridgehead atoms. The molecule has 0 unspecified atom stereocenters. The highest BCUT2D eigenvalue weighted by atomic mass is 28.3. The van der Waals surface area contributed by atoms with E-state index in [2.05, 4.69) is 193 Å². The van der Waals surface area contributed by atoms with Gasteiger partial charge in [-0.3, -0.25) is 0 Å². The van der Waals surface area contributed by atoms with Crippen LogP contribution in [0.4, 0.5) is 0 Å². The molecule has 0 amide bonds. The smallest absolute Gasteiger partial charge is 0.203 e. The molecule has 4 heterocycles. The Morgan fingerprint density at radius 1 is 0.439 bits per heavy atom. The first-order chi connectivity index (χ1) is 28.3. The number of nitrogens with zero attached hydrogens (tertiary/aromatic N) is 3. The van der Waals surface area contributed by atoms with Crippen LogP contribution in [0.3, 0.4) is 0 Å². The van der Waals surface area contributed by atoms with Crippen molar-refractivity contribution in [3.8, 4) is 39.5 Å². The van der Waals surface area contributed by atoms with Crippen LogP contribution in [0.2, 0.25) is 0 Å². The molecule has 0 saturated heterocycles. The van der Waals surface area contributed by atoms with Crippen molar-refractivity contribution in [1.29, 1.82) is 0 Å². The van der Waals surface area contributed by atoms with Gasteiger partial charge in [0.25, 0.3) is 0 Å². The van der Waals surface area contributed by atoms with E-state index in [0.717, 1.165) is 72.2 Å². The Morgan fingerprint density at radius 3 is 1.82 bits per heavy atom. The fourth-order valence-electron chi connectivity index (χ4n) is 9.52. The average molecular weight is 744 g/mol. The summed E-state index contributed by atoms with van der Waals surface area (Å²) in [6.07, 6.45) is 0. The molecule has 0 fully saturated rings. The number of hydrogen-bond donors (Lipinski definition) is 0. The van der Waals surface area contributed by atoms with Gasteiger partial charge in [0.05, 0.1) is 22.0 Å². The van der Waals surface area contributed by atoms with E-state index >= 15 is 0 Å². The molecular formula is C52H33N3OSi. The number of benzene rings is 8. The number of para-hydroxylation sites is 2. The van der Waals surface area contributed by atoms with Crippen LogP contribution in [0.25, 0.3) is 83.2 Å². The molecule has 0 atom stereocenters. The van der Waals surface area contributed by atoms with Gasteiger partial charge in [0.2, 0.25) is 8.07 Å². The van der Waals surface area contributed by atoms with E-state index in [1.54, 1.807) is 0 Å². The second-order valence-corrected chi connectivity index (χ2v) is 18.5. The summed E-state index contributed by atoms with van der Waals surface area (Å²) in [5.74, 6) is 0.740. The third kappa shape index (κ3) is 4.55. The topological polar surface area (TPSA) is 43.9 Å². The lowest BCUT2D eigenvalue weighted by Crippen LogP contribution is -2.73. The van der Waals surface area contributed by atoms with Crippen LogP contribution in [0, 0.1) is 0 Å². The van der Waals surface area contributed by atoms with E-state index in [1.165, 1.54) is 31.9 Å². The Morgan fingerprint density at radius 2 is 1.07 bits per heavy atom. The fourth-order valence-corrected chi connectivity index (χ4v) is 14.5. The lowest BCUT2D eigenvalue weighted by Gasteiger charge is -2.30. The molecule has 57 heavy (non-hydrogen) atoms. The van der Waals surface area contributed by atoms with Gasteiger partial charge in [0, 0.05) is 43.9 Å². The molecule has 3 aromatic heterocycles. The van der Waals surface area contributed by atoms with Crippen molar-refractivity contribution in [2.75, 3.05) is 0 Å². The maximum atomic E-state index is 6.34. The van der Waals surface area contributed by atoms with Crippen LogP contribution in [-0.2, 0) is 0 Å². The molecular weight excluding hydrogens is 711 g/mol. The average Bonchev–Trinajstić information content (AvgIpc) is 3.93. The summed E-state index contributed by atoms with van der Waals surface area (Å²) in [5.41, 5.74) is 10.5. The first-order valence-electron chi connectivity index (χ1n) is 19.4. The number of fused-ring (bicyclic) bond motifs is 10. The molecule has 12 rings (SSSR count). The van der Waals surface area contributed by atoms with Gasteiger partial charge >= 0.3 is 0 Å². The highest BCUT2D eigenvalue weighted by Crippen LogP contribution is 2.42. The van der Waals surface area contributed by atoms with Gasteiger partial charge in [-0.05, 0) is 57.5 Å². The fraction of sp³-hybridized carbons (Fsp3) is 0. The van der Waals surface area contributed by atoms with Gasteiger partial charge in [-0.15, -0.1) is 0 Å². The van der Waals surface area contributed by atoms with Crippen molar-refractivity contribution >= 4 is 72.7 Å². The summed E-state index contributed by atoms with van der Waals surface area (Å²) in [5, 5.41) is 9.80. The first kappa shape index (κ1) is 32.0. The molecule has 1 aliphatic heterocycles. The number of hydrogen-bond acceptors (Lipinski definition) is 3. The molecule has 1 aliphatic rings. The SMILES string of the molecule is c1ccc(-c2nc(-c3ccc(-n4c5ccccc5c5c6c(ccc54)oc4ccccc46)cc3)c3c(n2)[Si](c2ccccc2)(c2ccccc2)c2ccccc2-3)cc1. The van der Waals surface area contributed by atoms with Crippen molar-refractivity contribution in [3.05, 3.63) is 200 Å². The van der Waals surface area contributed by atoms with Crippen molar-refractivity contribution < 1.29 is 4.42 Å². The van der Waals surface area contributed by atoms with Gasteiger partial charge in [-0.1, -0.05) is 164 Å². The molecule has 0 radical (unpaired) electrons. The Kier molecular flexibility index (Phi) is 6.91. The summed E-state index contributed by atoms with van der Waals surface area (Å²) in [7, 11) is -2.87. The zero-order valence-electron chi connectivity index (χ0n) is 30.8. The first-order valence-corrected chi connectivity index (χ1v) is 21.4. The van der Waals surface area contributed by atoms with Crippen LogP contribution in [0.15, 0.2) is 205 Å². The quantitative estimate of drug-likeness (QED) is 0.165. The number of rotatable bonds is 5. The van der Waals surface area contributed by atoms with E-state index in [1.807, 2.05) is 12.1 Å². The van der Waals surface area contributed by atoms with E-state index in [-0.39, 0.29) is 0 Å².